The molecule has 0 saturated heterocycles. The lowest BCUT2D eigenvalue weighted by atomic mass is 9.90. The maximum absolute atomic E-state index is 13.4. The summed E-state index contributed by atoms with van der Waals surface area (Å²) in [6.45, 7) is 0. The van der Waals surface area contributed by atoms with E-state index in [1.807, 2.05) is 0 Å². The molecule has 2 N–H and O–H groups in total. The van der Waals surface area contributed by atoms with Crippen LogP contribution in [0.15, 0.2) is 48.5 Å². The highest BCUT2D eigenvalue weighted by atomic mass is 35.5. The number of thiazole rings is 1. The third kappa shape index (κ3) is 4.46. The van der Waals surface area contributed by atoms with Crippen molar-refractivity contribution in [2.75, 3.05) is 10.6 Å². The summed E-state index contributed by atoms with van der Waals surface area (Å²) in [5, 5.41) is 6.57. The van der Waals surface area contributed by atoms with Gasteiger partial charge < -0.3 is 5.32 Å². The van der Waals surface area contributed by atoms with Gasteiger partial charge in [0.25, 0.3) is 5.91 Å². The predicted octanol–water partition coefficient (Wildman–Crippen LogP) is 5.25. The van der Waals surface area contributed by atoms with Crippen LogP contribution in [0.5, 0.6) is 0 Å². The second kappa shape index (κ2) is 8.31. The second-order valence-electron chi connectivity index (χ2n) is 6.73. The predicted molar refractivity (Wildman–Crippen MR) is 112 cm³/mol. The van der Waals surface area contributed by atoms with E-state index < -0.39 is 11.7 Å². The normalized spacial score (nSPS) is 15.4. The van der Waals surface area contributed by atoms with E-state index in [9.17, 15) is 14.0 Å². The first-order chi connectivity index (χ1) is 14.0. The van der Waals surface area contributed by atoms with Gasteiger partial charge in [0.2, 0.25) is 5.91 Å². The average Bonchev–Trinajstić information content (AvgIpc) is 3.10. The van der Waals surface area contributed by atoms with Crippen LogP contribution < -0.4 is 10.6 Å². The zero-order chi connectivity index (χ0) is 20.4. The molecule has 0 aliphatic heterocycles. The third-order valence-electron chi connectivity index (χ3n) is 4.69. The molecule has 2 aromatic carbocycles. The van der Waals surface area contributed by atoms with E-state index in [2.05, 4.69) is 15.6 Å². The minimum Gasteiger partial charge on any atom is -0.325 e. The molecular weight excluding hydrogens is 413 g/mol. The number of rotatable bonds is 4. The zero-order valence-corrected chi connectivity index (χ0v) is 16.8. The molecule has 148 valence electrons. The Bertz CT molecular complexity index is 1070. The van der Waals surface area contributed by atoms with Crippen molar-refractivity contribution in [1.82, 2.24) is 4.98 Å². The topological polar surface area (TPSA) is 71.1 Å². The Morgan fingerprint density at radius 2 is 1.93 bits per heavy atom. The summed E-state index contributed by atoms with van der Waals surface area (Å²) in [7, 11) is 0. The molecule has 0 radical (unpaired) electrons. The van der Waals surface area contributed by atoms with E-state index in [4.69, 9.17) is 11.6 Å². The number of fused-ring (bicyclic) bond motifs is 1. The first-order valence-corrected chi connectivity index (χ1v) is 10.3. The van der Waals surface area contributed by atoms with Crippen LogP contribution in [0.2, 0.25) is 5.02 Å². The van der Waals surface area contributed by atoms with E-state index in [1.54, 1.807) is 36.4 Å². The number of aryl methyl sites for hydroxylation is 1. The number of hydrogen-bond donors (Lipinski definition) is 2. The van der Waals surface area contributed by atoms with Gasteiger partial charge in [-0.05, 0) is 61.7 Å². The summed E-state index contributed by atoms with van der Waals surface area (Å²) in [5.41, 5.74) is 1.57. The monoisotopic (exact) mass is 429 g/mol. The van der Waals surface area contributed by atoms with Crippen LogP contribution in [-0.2, 0) is 11.2 Å². The number of carbonyl (C=O) groups is 2. The Labute approximate surface area is 175 Å². The number of benzene rings is 2. The first-order valence-electron chi connectivity index (χ1n) is 9.12. The van der Waals surface area contributed by atoms with Gasteiger partial charge in [0.1, 0.15) is 5.82 Å². The molecule has 0 spiro atoms. The molecule has 8 heteroatoms. The lowest BCUT2D eigenvalue weighted by Gasteiger charge is -2.20. The maximum Gasteiger partial charge on any atom is 0.257 e. The summed E-state index contributed by atoms with van der Waals surface area (Å²) in [4.78, 5) is 30.7. The summed E-state index contributed by atoms with van der Waals surface area (Å²) < 4.78 is 13.4. The molecular formula is C21H17ClFN3O2S. The molecule has 5 nitrogen and oxygen atoms in total. The van der Waals surface area contributed by atoms with Crippen molar-refractivity contribution in [1.29, 1.82) is 0 Å². The lowest BCUT2D eigenvalue weighted by molar-refractivity contribution is -0.117. The molecule has 1 unspecified atom stereocenters. The number of carbonyl (C=O) groups excluding carboxylic acids is 2. The Morgan fingerprint density at radius 1 is 1.14 bits per heavy atom. The highest BCUT2D eigenvalue weighted by Gasteiger charge is 2.30. The number of aromatic nitrogens is 1. The highest BCUT2D eigenvalue weighted by Crippen LogP contribution is 2.37. The molecule has 1 aromatic heterocycles. The Balaban J connectivity index is 1.50. The molecule has 0 fully saturated rings. The van der Waals surface area contributed by atoms with Gasteiger partial charge in [-0.1, -0.05) is 17.7 Å². The molecule has 29 heavy (non-hydrogen) atoms. The highest BCUT2D eigenvalue weighted by molar-refractivity contribution is 7.16. The third-order valence-corrected chi connectivity index (χ3v) is 5.99. The zero-order valence-electron chi connectivity index (χ0n) is 15.2. The molecule has 1 atom stereocenters. The summed E-state index contributed by atoms with van der Waals surface area (Å²) in [5.74, 6) is -1.35. The van der Waals surface area contributed by atoms with Crippen molar-refractivity contribution in [3.05, 3.63) is 75.5 Å². The second-order valence-corrected chi connectivity index (χ2v) is 8.25. The summed E-state index contributed by atoms with van der Waals surface area (Å²) in [6, 6.07) is 12.4. The summed E-state index contributed by atoms with van der Waals surface area (Å²) in [6.07, 6.45) is 2.32. The Hall–Kier alpha value is -2.77. The number of halogens is 2. The minimum atomic E-state index is -0.431. The smallest absolute Gasteiger partial charge is 0.257 e. The van der Waals surface area contributed by atoms with Crippen molar-refractivity contribution in [2.45, 2.75) is 25.2 Å². The first kappa shape index (κ1) is 19.5. The maximum atomic E-state index is 13.4. The molecule has 1 aliphatic carbocycles. The van der Waals surface area contributed by atoms with E-state index in [1.165, 1.54) is 23.5 Å². The molecule has 1 aliphatic rings. The van der Waals surface area contributed by atoms with Crippen LogP contribution in [-0.4, -0.2) is 16.8 Å². The number of nitrogens with zero attached hydrogens (tertiary/aromatic N) is 1. The number of hydrogen-bond acceptors (Lipinski definition) is 4. The van der Waals surface area contributed by atoms with Crippen LogP contribution in [0.1, 0.15) is 39.7 Å². The fourth-order valence-electron chi connectivity index (χ4n) is 3.29. The van der Waals surface area contributed by atoms with Crippen molar-refractivity contribution < 1.29 is 14.0 Å². The Kier molecular flexibility index (Phi) is 5.60. The van der Waals surface area contributed by atoms with Gasteiger partial charge in [-0.25, -0.2) is 9.37 Å². The van der Waals surface area contributed by atoms with Gasteiger partial charge in [0.15, 0.2) is 5.13 Å². The van der Waals surface area contributed by atoms with E-state index in [-0.39, 0.29) is 11.8 Å². The van der Waals surface area contributed by atoms with Gasteiger partial charge in [-0.2, -0.15) is 0 Å². The SMILES string of the molecule is O=C(Nc1nc2c(s1)CCCC2C(=O)Nc1cccc(F)c1)c1ccc(Cl)cc1. The fraction of sp³-hybridized carbons (Fsp3) is 0.190. The van der Waals surface area contributed by atoms with Crippen LogP contribution in [0, 0.1) is 5.82 Å². The van der Waals surface area contributed by atoms with Crippen molar-refractivity contribution in [3.8, 4) is 0 Å². The van der Waals surface area contributed by atoms with Crippen molar-refractivity contribution in [3.63, 3.8) is 0 Å². The Morgan fingerprint density at radius 3 is 2.69 bits per heavy atom. The molecule has 4 rings (SSSR count). The van der Waals surface area contributed by atoms with Crippen molar-refractivity contribution in [2.24, 2.45) is 0 Å². The molecule has 1 heterocycles. The van der Waals surface area contributed by atoms with E-state index in [0.29, 0.717) is 33.5 Å². The van der Waals surface area contributed by atoms with Crippen LogP contribution in [0.3, 0.4) is 0 Å². The minimum absolute atomic E-state index is 0.225. The number of amides is 2. The fourth-order valence-corrected chi connectivity index (χ4v) is 4.48. The molecule has 2 amide bonds. The lowest BCUT2D eigenvalue weighted by Crippen LogP contribution is -2.24. The van der Waals surface area contributed by atoms with Crippen LogP contribution in [0.25, 0.3) is 0 Å². The van der Waals surface area contributed by atoms with Crippen LogP contribution >= 0.6 is 22.9 Å². The standard InChI is InChI=1S/C21H17ClFN3O2S/c22-13-9-7-12(8-10-13)19(27)26-21-25-18-16(5-2-6-17(18)29-21)20(28)24-15-4-1-3-14(23)11-15/h1,3-4,7-11,16H,2,5-6H2,(H,24,28)(H,25,26,27). The van der Waals surface area contributed by atoms with E-state index in [0.717, 1.165) is 17.7 Å². The number of nitrogens with one attached hydrogen (secondary N) is 2. The number of anilines is 2. The van der Waals surface area contributed by atoms with Gasteiger partial charge in [0.05, 0.1) is 11.6 Å². The largest absolute Gasteiger partial charge is 0.325 e. The quantitative estimate of drug-likeness (QED) is 0.595. The van der Waals surface area contributed by atoms with Crippen molar-refractivity contribution >= 4 is 45.6 Å². The van der Waals surface area contributed by atoms with E-state index >= 15 is 0 Å². The molecule has 0 bridgehead atoms. The van der Waals surface area contributed by atoms with Gasteiger partial charge in [-0.3, -0.25) is 14.9 Å². The molecule has 0 saturated carbocycles. The average molecular weight is 430 g/mol. The molecule has 3 aromatic rings. The van der Waals surface area contributed by atoms with Gasteiger partial charge in [0, 0.05) is 21.2 Å². The van der Waals surface area contributed by atoms with Gasteiger partial charge in [-0.15, -0.1) is 11.3 Å². The van der Waals surface area contributed by atoms with Crippen LogP contribution in [0.4, 0.5) is 15.2 Å². The summed E-state index contributed by atoms with van der Waals surface area (Å²) >= 11 is 7.24. The van der Waals surface area contributed by atoms with Gasteiger partial charge >= 0.3 is 0 Å².